The minimum Gasteiger partial charge on any atom is -0.369 e. The van der Waals surface area contributed by atoms with Crippen molar-refractivity contribution in [3.63, 3.8) is 0 Å². The third-order valence-electron chi connectivity index (χ3n) is 7.78. The molecule has 2 saturated carbocycles. The molecule has 4 aliphatic rings. The Morgan fingerprint density at radius 2 is 1.94 bits per heavy atom. The van der Waals surface area contributed by atoms with Crippen LogP contribution in [-0.2, 0) is 17.5 Å². The van der Waals surface area contributed by atoms with Crippen molar-refractivity contribution in [3.8, 4) is 0 Å². The van der Waals surface area contributed by atoms with Crippen molar-refractivity contribution < 1.29 is 22.3 Å². The molecule has 0 radical (unpaired) electrons. The second-order valence-corrected chi connectivity index (χ2v) is 10.3. The van der Waals surface area contributed by atoms with Crippen LogP contribution >= 0.6 is 0 Å². The highest BCUT2D eigenvalue weighted by molar-refractivity contribution is 5.43. The van der Waals surface area contributed by atoms with Crippen molar-refractivity contribution >= 4 is 5.82 Å². The van der Waals surface area contributed by atoms with Crippen LogP contribution in [0.3, 0.4) is 0 Å². The predicted molar refractivity (Wildman–Crippen MR) is 116 cm³/mol. The number of aromatic nitrogens is 5. The van der Waals surface area contributed by atoms with Gasteiger partial charge in [-0.2, -0.15) is 13.2 Å². The number of ether oxygens (including phenoxy) is 1. The first kappa shape index (κ1) is 23.0. The molecule has 0 aromatic carbocycles. The molecule has 9 nitrogen and oxygen atoms in total. The molecule has 6 atom stereocenters. The summed E-state index contributed by atoms with van der Waals surface area (Å²) in [6.07, 6.45) is -1.71. The molecule has 190 valence electrons. The van der Waals surface area contributed by atoms with Gasteiger partial charge in [-0.25, -0.2) is 29.4 Å². The highest BCUT2D eigenvalue weighted by Gasteiger charge is 2.50. The summed E-state index contributed by atoms with van der Waals surface area (Å²) in [5, 5.41) is 3.63. The van der Waals surface area contributed by atoms with Gasteiger partial charge in [0.25, 0.3) is 5.82 Å². The van der Waals surface area contributed by atoms with Gasteiger partial charge in [-0.1, -0.05) is 0 Å². The molecule has 4 heterocycles. The largest absolute Gasteiger partial charge is 0.453 e. The van der Waals surface area contributed by atoms with E-state index in [1.54, 1.807) is 6.92 Å². The lowest BCUT2D eigenvalue weighted by Crippen LogP contribution is -2.45. The third-order valence-corrected chi connectivity index (χ3v) is 7.78. The lowest BCUT2D eigenvalue weighted by Gasteiger charge is -2.37. The standard InChI is InChI=1S/C22H28F4N8O/c1-11-19-29-20(22(24,25)26)32-34(19)6-5-33(11)17-9-15(27-10-28-17)18-12-7-16(35-21(2)3-4-21)13(23)8-14(12)30-31-18/h9-14,16,18,30-31H,3-8H2,1-2H3. The van der Waals surface area contributed by atoms with E-state index < -0.39 is 30.3 Å². The number of nitrogens with zero attached hydrogens (tertiary/aromatic N) is 6. The first-order valence-corrected chi connectivity index (χ1v) is 12.0. The highest BCUT2D eigenvalue weighted by Crippen LogP contribution is 2.46. The fourth-order valence-electron chi connectivity index (χ4n) is 5.55. The first-order valence-electron chi connectivity index (χ1n) is 12.0. The van der Waals surface area contributed by atoms with Crippen LogP contribution in [0.1, 0.15) is 69.0 Å². The van der Waals surface area contributed by atoms with Crippen LogP contribution in [0.4, 0.5) is 23.4 Å². The summed E-state index contributed by atoms with van der Waals surface area (Å²) >= 11 is 0. The van der Waals surface area contributed by atoms with Crippen LogP contribution in [0.25, 0.3) is 0 Å². The molecule has 2 aliphatic heterocycles. The van der Waals surface area contributed by atoms with Gasteiger partial charge in [0.15, 0.2) is 0 Å². The van der Waals surface area contributed by atoms with E-state index in [2.05, 4.69) is 30.9 Å². The van der Waals surface area contributed by atoms with E-state index in [1.807, 2.05) is 17.9 Å². The summed E-state index contributed by atoms with van der Waals surface area (Å²) in [5.74, 6) is -0.183. The van der Waals surface area contributed by atoms with Crippen molar-refractivity contribution in [3.05, 3.63) is 29.7 Å². The zero-order valence-corrected chi connectivity index (χ0v) is 19.5. The van der Waals surface area contributed by atoms with Gasteiger partial charge in [-0.3, -0.25) is 5.43 Å². The Kier molecular flexibility index (Phi) is 5.31. The van der Waals surface area contributed by atoms with Crippen molar-refractivity contribution in [2.45, 2.75) is 88.3 Å². The summed E-state index contributed by atoms with van der Waals surface area (Å²) in [5.41, 5.74) is 7.06. The molecular weight excluding hydrogens is 468 g/mol. The van der Waals surface area contributed by atoms with E-state index in [9.17, 15) is 17.6 Å². The molecule has 2 aliphatic carbocycles. The Balaban J connectivity index is 1.22. The van der Waals surface area contributed by atoms with Crippen LogP contribution in [0.15, 0.2) is 12.4 Å². The Morgan fingerprint density at radius 1 is 1.14 bits per heavy atom. The number of rotatable bonds is 4. The molecule has 35 heavy (non-hydrogen) atoms. The minimum absolute atomic E-state index is 0.0338. The first-order chi connectivity index (χ1) is 16.6. The molecule has 1 saturated heterocycles. The molecule has 0 spiro atoms. The minimum atomic E-state index is -4.59. The number of anilines is 1. The number of fused-ring (bicyclic) bond motifs is 2. The maximum absolute atomic E-state index is 14.8. The fourth-order valence-corrected chi connectivity index (χ4v) is 5.55. The lowest BCUT2D eigenvalue weighted by atomic mass is 9.78. The summed E-state index contributed by atoms with van der Waals surface area (Å²) in [4.78, 5) is 14.6. The molecule has 2 N–H and O–H groups in total. The highest BCUT2D eigenvalue weighted by atomic mass is 19.4. The molecule has 2 aromatic rings. The van der Waals surface area contributed by atoms with Crippen molar-refractivity contribution in [1.82, 2.24) is 35.6 Å². The number of hydrogen-bond acceptors (Lipinski definition) is 8. The average Bonchev–Trinajstić information content (AvgIpc) is 3.20. The Labute approximate surface area is 199 Å². The second-order valence-electron chi connectivity index (χ2n) is 10.3. The summed E-state index contributed by atoms with van der Waals surface area (Å²) in [6, 6.07) is 1.21. The molecule has 0 amide bonds. The van der Waals surface area contributed by atoms with Gasteiger partial charge in [0.1, 0.15) is 24.1 Å². The number of hydrazine groups is 1. The molecule has 2 aromatic heterocycles. The van der Waals surface area contributed by atoms with Gasteiger partial charge in [-0.15, -0.1) is 5.10 Å². The van der Waals surface area contributed by atoms with E-state index in [1.165, 1.54) is 11.0 Å². The smallest absolute Gasteiger partial charge is 0.369 e. The maximum Gasteiger partial charge on any atom is 0.453 e. The normalized spacial score (nSPS) is 33.9. The SMILES string of the molecule is CC1c2nc(C(F)(F)F)nn2CCN1c1cc(C2NNC3CC(F)C(OC4(C)CC4)CC32)ncn1. The van der Waals surface area contributed by atoms with Crippen molar-refractivity contribution in [2.75, 3.05) is 11.4 Å². The number of nitrogens with one attached hydrogen (secondary N) is 2. The van der Waals surface area contributed by atoms with Gasteiger partial charge in [-0.05, 0) is 39.5 Å². The average molecular weight is 497 g/mol. The van der Waals surface area contributed by atoms with Crippen LogP contribution < -0.4 is 15.8 Å². The summed E-state index contributed by atoms with van der Waals surface area (Å²) in [6.45, 7) is 4.52. The monoisotopic (exact) mass is 496 g/mol. The van der Waals surface area contributed by atoms with E-state index in [-0.39, 0.29) is 36.0 Å². The van der Waals surface area contributed by atoms with Gasteiger partial charge in [0.05, 0.1) is 36.0 Å². The third kappa shape index (κ3) is 4.16. The number of hydrogen-bond donors (Lipinski definition) is 2. The topological polar surface area (TPSA) is 93.0 Å². The quantitative estimate of drug-likeness (QED) is 0.625. The molecule has 3 fully saturated rings. The Hall–Kier alpha value is -2.38. The van der Waals surface area contributed by atoms with Crippen LogP contribution in [-0.4, -0.2) is 55.2 Å². The maximum atomic E-state index is 14.8. The van der Waals surface area contributed by atoms with E-state index in [4.69, 9.17) is 4.74 Å². The van der Waals surface area contributed by atoms with Crippen LogP contribution in [0, 0.1) is 5.92 Å². The number of halogens is 4. The van der Waals surface area contributed by atoms with Gasteiger partial charge >= 0.3 is 6.18 Å². The van der Waals surface area contributed by atoms with Gasteiger partial charge < -0.3 is 9.64 Å². The van der Waals surface area contributed by atoms with E-state index >= 15 is 0 Å². The van der Waals surface area contributed by atoms with Crippen molar-refractivity contribution in [1.29, 1.82) is 0 Å². The molecule has 13 heteroatoms. The van der Waals surface area contributed by atoms with Gasteiger partial charge in [0, 0.05) is 24.6 Å². The zero-order valence-electron chi connectivity index (χ0n) is 19.5. The molecular formula is C22H28F4N8O. The molecule has 6 rings (SSSR count). The Bertz CT molecular complexity index is 1110. The van der Waals surface area contributed by atoms with E-state index in [0.717, 1.165) is 18.5 Å². The predicted octanol–water partition coefficient (Wildman–Crippen LogP) is 2.87. The van der Waals surface area contributed by atoms with Crippen LogP contribution in [0.5, 0.6) is 0 Å². The van der Waals surface area contributed by atoms with E-state index in [0.29, 0.717) is 25.2 Å². The summed E-state index contributed by atoms with van der Waals surface area (Å²) < 4.78 is 61.6. The van der Waals surface area contributed by atoms with Crippen molar-refractivity contribution in [2.24, 2.45) is 5.92 Å². The molecule has 6 unspecified atom stereocenters. The fraction of sp³-hybridized carbons (Fsp3) is 0.727. The number of alkyl halides is 4. The Morgan fingerprint density at radius 3 is 2.69 bits per heavy atom. The lowest BCUT2D eigenvalue weighted by molar-refractivity contribution is -0.145. The second kappa shape index (κ2) is 8.07. The molecule has 0 bridgehead atoms. The zero-order chi connectivity index (χ0) is 24.5. The van der Waals surface area contributed by atoms with Crippen LogP contribution in [0.2, 0.25) is 0 Å². The van der Waals surface area contributed by atoms with Gasteiger partial charge in [0.2, 0.25) is 0 Å². The summed E-state index contributed by atoms with van der Waals surface area (Å²) in [7, 11) is 0.